The van der Waals surface area contributed by atoms with Crippen LogP contribution in [0.15, 0.2) is 0 Å². The Balaban J connectivity index is 1.80. The Morgan fingerprint density at radius 3 is 1.73 bits per heavy atom. The monoisotopic (exact) mass is 1010 g/mol. The van der Waals surface area contributed by atoms with Crippen LogP contribution in [0.4, 0.5) is 19.2 Å². The van der Waals surface area contributed by atoms with E-state index in [4.69, 9.17) is 42.6 Å². The Kier molecular flexibility index (Phi) is 18.9. The van der Waals surface area contributed by atoms with Gasteiger partial charge in [-0.3, -0.25) is 4.79 Å². The second-order valence-electron chi connectivity index (χ2n) is 23.2. The standard InChI is InChI=1S/C46H82N6O18/c1-41(2,3)32(52-37(56)57)25-18-17-22(50-39(59)69-43(7,8)9)35(63-25)64-30-24(51-40(60)70-44(10,11)12)19-23(29(27(30)53)65-36-28(54)33(47-16)46(15,61)21-62-36)49-34(55)31-26(66-45(13,14)67-31)20-48-38(58)68-42(4,5)6/h22-33,35-36,47,52-54,61H,17-21H2,1-16H3,(H,48,58)(H,49,55)(H,50,59)(H,51,60)(H,56,57)/t22-,23-,24+,25+,26-,27-,28-,29+,30-,31+,32?,33-,35-,36-,46+/m1/s1. The molecule has 24 heteroatoms. The van der Waals surface area contributed by atoms with Crippen molar-refractivity contribution in [3.63, 3.8) is 0 Å². The fourth-order valence-corrected chi connectivity index (χ4v) is 8.93. The van der Waals surface area contributed by atoms with Gasteiger partial charge in [-0.25, -0.2) is 19.2 Å². The summed E-state index contributed by atoms with van der Waals surface area (Å²) in [5.41, 5.74) is -4.98. The van der Waals surface area contributed by atoms with E-state index in [1.807, 2.05) is 20.8 Å². The predicted molar refractivity (Wildman–Crippen MR) is 248 cm³/mol. The topological polar surface area (TPSA) is 322 Å². The first kappa shape index (κ1) is 58.7. The molecule has 0 aromatic heterocycles. The summed E-state index contributed by atoms with van der Waals surface area (Å²) in [5.74, 6) is -2.08. The smallest absolute Gasteiger partial charge is 0.408 e. The highest BCUT2D eigenvalue weighted by Gasteiger charge is 2.55. The molecule has 15 atom stereocenters. The maximum atomic E-state index is 14.5. The van der Waals surface area contributed by atoms with Crippen molar-refractivity contribution >= 4 is 30.3 Å². The lowest BCUT2D eigenvalue weighted by molar-refractivity contribution is -0.310. The summed E-state index contributed by atoms with van der Waals surface area (Å²) in [5, 5.41) is 61.7. The number of carbonyl (C=O) groups excluding carboxylic acids is 4. The quantitative estimate of drug-likeness (QED) is 0.118. The number of aliphatic hydroxyl groups excluding tert-OH is 2. The average molecular weight is 1010 g/mol. The third kappa shape index (κ3) is 16.9. The number of amides is 5. The van der Waals surface area contributed by atoms with Crippen molar-refractivity contribution in [3.05, 3.63) is 0 Å². The molecule has 4 fully saturated rings. The molecule has 0 aromatic rings. The van der Waals surface area contributed by atoms with Crippen molar-refractivity contribution in [3.8, 4) is 0 Å². The van der Waals surface area contributed by atoms with Crippen LogP contribution in [-0.4, -0.2) is 185 Å². The highest BCUT2D eigenvalue weighted by molar-refractivity contribution is 5.82. The number of rotatable bonds is 13. The van der Waals surface area contributed by atoms with Gasteiger partial charge >= 0.3 is 24.4 Å². The van der Waals surface area contributed by atoms with Crippen LogP contribution < -0.4 is 31.9 Å². The zero-order chi connectivity index (χ0) is 53.1. The van der Waals surface area contributed by atoms with Gasteiger partial charge in [0.2, 0.25) is 0 Å². The largest absolute Gasteiger partial charge is 0.465 e. The number of hydrogen-bond donors (Lipinski definition) is 10. The molecule has 1 aliphatic carbocycles. The summed E-state index contributed by atoms with van der Waals surface area (Å²) in [6, 6.07) is -5.29. The zero-order valence-electron chi connectivity index (χ0n) is 43.6. The summed E-state index contributed by atoms with van der Waals surface area (Å²) in [4.78, 5) is 66.3. The summed E-state index contributed by atoms with van der Waals surface area (Å²) in [6.45, 7) is 24.6. The molecule has 24 nitrogen and oxygen atoms in total. The average Bonchev–Trinajstić information content (AvgIpc) is 3.49. The van der Waals surface area contributed by atoms with Crippen LogP contribution >= 0.6 is 0 Å². The molecule has 3 saturated heterocycles. The van der Waals surface area contributed by atoms with Crippen LogP contribution in [0.1, 0.15) is 123 Å². The van der Waals surface area contributed by atoms with Gasteiger partial charge in [0.15, 0.2) is 24.5 Å². The molecule has 10 N–H and O–H groups in total. The normalized spacial score (nSPS) is 34.3. The van der Waals surface area contributed by atoms with Crippen molar-refractivity contribution in [2.24, 2.45) is 5.41 Å². The van der Waals surface area contributed by atoms with Crippen LogP contribution in [0.25, 0.3) is 0 Å². The molecule has 1 unspecified atom stereocenters. The Labute approximate surface area is 410 Å². The van der Waals surface area contributed by atoms with E-state index in [1.54, 1.807) is 76.2 Å². The lowest BCUT2D eigenvalue weighted by Crippen LogP contribution is -2.70. The zero-order valence-corrected chi connectivity index (χ0v) is 43.6. The number of nitrogens with one attached hydrogen (secondary N) is 6. The molecule has 4 aliphatic rings. The molecule has 3 aliphatic heterocycles. The SMILES string of the molecule is CN[C@@H]1[C@@H](O)[C@@H](O[C@@H]2[C@@H](O)[C@H](O[C@H]3O[C@H](C(NC(=O)O)C(C)(C)C)CC[C@H]3NC(=O)OC(C)(C)C)[C@@H](NC(=O)OC(C)(C)C)C[C@H]2NC(=O)[C@H]2OC(C)(C)O[C@@H]2CNC(=O)OC(C)(C)C)OC[C@]1(C)O. The Bertz CT molecular complexity index is 1810. The molecule has 404 valence electrons. The predicted octanol–water partition coefficient (Wildman–Crippen LogP) is 2.08. The minimum absolute atomic E-state index is 0.172. The number of hydrogen-bond acceptors (Lipinski definition) is 18. The molecule has 3 heterocycles. The third-order valence-electron chi connectivity index (χ3n) is 11.7. The van der Waals surface area contributed by atoms with Gasteiger partial charge in [-0.1, -0.05) is 20.8 Å². The summed E-state index contributed by atoms with van der Waals surface area (Å²) in [6.07, 6.45) is -16.4. The van der Waals surface area contributed by atoms with Gasteiger partial charge in [0.1, 0.15) is 52.9 Å². The van der Waals surface area contributed by atoms with E-state index in [2.05, 4.69) is 31.9 Å². The molecule has 1 saturated carbocycles. The number of carbonyl (C=O) groups is 5. The van der Waals surface area contributed by atoms with Crippen LogP contribution in [0.3, 0.4) is 0 Å². The van der Waals surface area contributed by atoms with Gasteiger partial charge in [-0.2, -0.15) is 0 Å². The highest BCUT2D eigenvalue weighted by atomic mass is 16.8. The number of alkyl carbamates (subject to hydrolysis) is 3. The lowest BCUT2D eigenvalue weighted by Gasteiger charge is -2.50. The van der Waals surface area contributed by atoms with Crippen LogP contribution in [-0.2, 0) is 47.4 Å². The first-order chi connectivity index (χ1) is 31.9. The molecule has 0 aromatic carbocycles. The van der Waals surface area contributed by atoms with Gasteiger partial charge in [-0.15, -0.1) is 0 Å². The van der Waals surface area contributed by atoms with Gasteiger partial charge < -0.3 is 95.0 Å². The molecular weight excluding hydrogens is 925 g/mol. The van der Waals surface area contributed by atoms with E-state index in [0.717, 1.165) is 0 Å². The third-order valence-corrected chi connectivity index (χ3v) is 11.7. The molecule has 70 heavy (non-hydrogen) atoms. The summed E-state index contributed by atoms with van der Waals surface area (Å²) >= 11 is 0. The van der Waals surface area contributed by atoms with E-state index in [-0.39, 0.29) is 32.4 Å². The first-order valence-electron chi connectivity index (χ1n) is 23.8. The van der Waals surface area contributed by atoms with Crippen molar-refractivity contribution in [1.29, 1.82) is 0 Å². The van der Waals surface area contributed by atoms with E-state index >= 15 is 0 Å². The van der Waals surface area contributed by atoms with Gasteiger partial charge in [0.25, 0.3) is 5.91 Å². The summed E-state index contributed by atoms with van der Waals surface area (Å²) < 4.78 is 54.2. The van der Waals surface area contributed by atoms with Gasteiger partial charge in [0.05, 0.1) is 49.5 Å². The number of carboxylic acid groups (broad SMARTS) is 1. The molecule has 5 amide bonds. The maximum Gasteiger partial charge on any atom is 0.408 e. The lowest BCUT2D eigenvalue weighted by atomic mass is 9.80. The molecule has 0 bridgehead atoms. The molecule has 0 spiro atoms. The Morgan fingerprint density at radius 1 is 0.700 bits per heavy atom. The van der Waals surface area contributed by atoms with Gasteiger partial charge in [0, 0.05) is 0 Å². The van der Waals surface area contributed by atoms with Crippen molar-refractivity contribution in [2.45, 2.75) is 237 Å². The van der Waals surface area contributed by atoms with Gasteiger partial charge in [-0.05, 0) is 115 Å². The fourth-order valence-electron chi connectivity index (χ4n) is 8.93. The molecule has 4 rings (SSSR count). The second-order valence-corrected chi connectivity index (χ2v) is 23.2. The fraction of sp³-hybridized carbons (Fsp3) is 0.891. The second kappa shape index (κ2) is 22.5. The Hall–Kier alpha value is -3.85. The van der Waals surface area contributed by atoms with Crippen molar-refractivity contribution in [1.82, 2.24) is 31.9 Å². The molecular formula is C46H82N6O18. The number of likely N-dealkylation sites (N-methyl/N-ethyl adjacent to an activating group) is 1. The minimum Gasteiger partial charge on any atom is -0.465 e. The summed E-state index contributed by atoms with van der Waals surface area (Å²) in [7, 11) is 1.52. The van der Waals surface area contributed by atoms with Crippen LogP contribution in [0.5, 0.6) is 0 Å². The van der Waals surface area contributed by atoms with Crippen LogP contribution in [0, 0.1) is 5.41 Å². The maximum absolute atomic E-state index is 14.5. The van der Waals surface area contributed by atoms with Crippen LogP contribution in [0.2, 0.25) is 0 Å². The van der Waals surface area contributed by atoms with Crippen molar-refractivity contribution < 1.29 is 87.0 Å². The van der Waals surface area contributed by atoms with E-state index in [9.17, 15) is 44.4 Å². The van der Waals surface area contributed by atoms with E-state index in [1.165, 1.54) is 14.0 Å². The minimum atomic E-state index is -1.85. The number of aliphatic hydroxyl groups is 3. The highest BCUT2D eigenvalue weighted by Crippen LogP contribution is 2.37. The van der Waals surface area contributed by atoms with E-state index < -0.39 is 149 Å². The van der Waals surface area contributed by atoms with Crippen molar-refractivity contribution in [2.75, 3.05) is 20.2 Å². The number of ether oxygens (including phenoxy) is 9. The molecule has 0 radical (unpaired) electrons. The first-order valence-corrected chi connectivity index (χ1v) is 23.8. The van der Waals surface area contributed by atoms with E-state index in [0.29, 0.717) is 0 Å². The Morgan fingerprint density at radius 2 is 1.21 bits per heavy atom.